The molecule has 2 saturated carbocycles. The average molecular weight is 525 g/mol. The molecule has 2 fully saturated rings. The van der Waals surface area contributed by atoms with Crippen molar-refractivity contribution in [1.82, 2.24) is 0 Å². The third kappa shape index (κ3) is 4.55. The van der Waals surface area contributed by atoms with Crippen LogP contribution in [0.4, 0.5) is 0 Å². The van der Waals surface area contributed by atoms with E-state index in [0.29, 0.717) is 0 Å². The first kappa shape index (κ1) is 19.0. The van der Waals surface area contributed by atoms with E-state index in [-0.39, 0.29) is 0 Å². The van der Waals surface area contributed by atoms with Crippen LogP contribution in [-0.2, 0) is 0 Å². The molecule has 0 nitrogen and oxygen atoms in total. The second kappa shape index (κ2) is 9.23. The number of rotatable bonds is 4. The minimum absolute atomic E-state index is 0.810. The molecule has 26 heavy (non-hydrogen) atoms. The molecular weight excluding hydrogens is 495 g/mol. The summed E-state index contributed by atoms with van der Waals surface area (Å²) in [6.07, 6.45) is 14.1. The van der Waals surface area contributed by atoms with Crippen molar-refractivity contribution in [2.45, 2.75) is 76.0 Å². The van der Waals surface area contributed by atoms with Gasteiger partial charge in [-0.2, -0.15) is 0 Å². The summed E-state index contributed by atoms with van der Waals surface area (Å²) >= 11 is 2.66. The van der Waals surface area contributed by atoms with Crippen LogP contribution < -0.4 is 0 Å². The van der Waals surface area contributed by atoms with Crippen LogP contribution in [-0.4, -0.2) is 0 Å². The van der Waals surface area contributed by atoms with Gasteiger partial charge in [-0.3, -0.25) is 0 Å². The van der Waals surface area contributed by atoms with Crippen molar-refractivity contribution in [3.8, 4) is 0 Å². The summed E-state index contributed by atoms with van der Waals surface area (Å²) in [6, 6.07) is 19.2. The second-order valence-electron chi connectivity index (χ2n) is 8.01. The van der Waals surface area contributed by atoms with Crippen LogP contribution in [0.25, 0.3) is 0 Å². The van der Waals surface area contributed by atoms with Gasteiger partial charge >= 0.3 is 173 Å². The molecule has 0 radical (unpaired) electrons. The Balaban J connectivity index is 1.43. The molecular formula is C24H30BrI. The molecule has 0 N–H and O–H groups in total. The molecule has 0 amide bonds. The summed E-state index contributed by atoms with van der Waals surface area (Å²) in [6.45, 7) is 0. The number of hydrogen-bond donors (Lipinski definition) is 0. The van der Waals surface area contributed by atoms with Crippen molar-refractivity contribution in [3.63, 3.8) is 0 Å². The van der Waals surface area contributed by atoms with E-state index < -0.39 is 17.6 Å². The van der Waals surface area contributed by atoms with Gasteiger partial charge in [-0.25, -0.2) is 0 Å². The van der Waals surface area contributed by atoms with E-state index >= 15 is 0 Å². The van der Waals surface area contributed by atoms with Gasteiger partial charge in [-0.15, -0.1) is 0 Å². The third-order valence-corrected chi connectivity index (χ3v) is 14.5. The van der Waals surface area contributed by atoms with Crippen molar-refractivity contribution in [3.05, 3.63) is 66.8 Å². The third-order valence-electron chi connectivity index (χ3n) is 6.28. The SMILES string of the molecule is BrI(c1ccc(C2CCCCC2)cc1)c1ccc(C2CCCCC2)cc1. The van der Waals surface area contributed by atoms with Crippen LogP contribution in [0.1, 0.15) is 87.2 Å². The Labute approximate surface area is 172 Å². The van der Waals surface area contributed by atoms with E-state index in [0.717, 1.165) is 11.8 Å². The van der Waals surface area contributed by atoms with E-state index in [2.05, 4.69) is 61.2 Å². The van der Waals surface area contributed by atoms with Crippen molar-refractivity contribution < 1.29 is 0 Å². The zero-order valence-corrected chi connectivity index (χ0v) is 19.3. The zero-order valence-electron chi connectivity index (χ0n) is 15.6. The van der Waals surface area contributed by atoms with E-state index in [4.69, 9.17) is 0 Å². The summed E-state index contributed by atoms with van der Waals surface area (Å²) in [5.41, 5.74) is 3.13. The van der Waals surface area contributed by atoms with Gasteiger partial charge in [0.05, 0.1) is 0 Å². The molecule has 0 unspecified atom stereocenters. The van der Waals surface area contributed by atoms with Crippen LogP contribution in [0, 0.1) is 7.14 Å². The number of hydrogen-bond acceptors (Lipinski definition) is 0. The van der Waals surface area contributed by atoms with Gasteiger partial charge in [-0.05, 0) is 0 Å². The number of benzene rings is 2. The predicted octanol–water partition coefficient (Wildman–Crippen LogP) is 8.64. The second-order valence-corrected chi connectivity index (χ2v) is 15.9. The van der Waals surface area contributed by atoms with Gasteiger partial charge in [0.25, 0.3) is 0 Å². The molecule has 0 heterocycles. The molecule has 2 aromatic rings. The van der Waals surface area contributed by atoms with Gasteiger partial charge in [0.2, 0.25) is 0 Å². The first-order chi connectivity index (χ1) is 12.8. The van der Waals surface area contributed by atoms with Crippen LogP contribution in [0.2, 0.25) is 0 Å². The van der Waals surface area contributed by atoms with Crippen molar-refractivity contribution in [2.75, 3.05) is 0 Å². The molecule has 2 aliphatic carbocycles. The molecule has 2 heteroatoms. The summed E-state index contributed by atoms with van der Waals surface area (Å²) < 4.78 is 3.05. The Morgan fingerprint density at radius 3 is 1.23 bits per heavy atom. The fourth-order valence-corrected chi connectivity index (χ4v) is 10.1. The van der Waals surface area contributed by atoms with Crippen molar-refractivity contribution in [2.24, 2.45) is 0 Å². The van der Waals surface area contributed by atoms with Crippen molar-refractivity contribution in [1.29, 1.82) is 0 Å². The Kier molecular flexibility index (Phi) is 6.74. The quantitative estimate of drug-likeness (QED) is 0.351. The Hall–Kier alpha value is -0.350. The topological polar surface area (TPSA) is 0 Å². The molecule has 0 aliphatic heterocycles. The van der Waals surface area contributed by atoms with Crippen LogP contribution in [0.3, 0.4) is 0 Å². The molecule has 0 spiro atoms. The van der Waals surface area contributed by atoms with E-state index in [1.165, 1.54) is 71.3 Å². The first-order valence-electron chi connectivity index (χ1n) is 10.4. The molecule has 0 atom stereocenters. The van der Waals surface area contributed by atoms with Gasteiger partial charge in [0.15, 0.2) is 0 Å². The molecule has 0 saturated heterocycles. The maximum atomic E-state index is 4.09. The van der Waals surface area contributed by atoms with E-state index in [1.54, 1.807) is 11.1 Å². The maximum absolute atomic E-state index is 4.09. The minimum atomic E-state index is -1.43. The standard InChI is InChI=1S/C24H30BrI/c25-26(23-15-11-21(12-16-23)19-7-3-1-4-8-19)24-17-13-22(14-18-24)20-9-5-2-6-10-20/h11-20H,1-10H2. The summed E-state index contributed by atoms with van der Waals surface area (Å²) in [4.78, 5) is 0. The average Bonchev–Trinajstić information content (AvgIpc) is 2.75. The van der Waals surface area contributed by atoms with E-state index in [1.807, 2.05) is 0 Å². The Bertz CT molecular complexity index is 618. The van der Waals surface area contributed by atoms with Crippen LogP contribution in [0.5, 0.6) is 0 Å². The van der Waals surface area contributed by atoms with Gasteiger partial charge < -0.3 is 0 Å². The molecule has 4 rings (SSSR count). The molecule has 0 bridgehead atoms. The fraction of sp³-hybridized carbons (Fsp3) is 0.500. The van der Waals surface area contributed by atoms with E-state index in [9.17, 15) is 0 Å². The monoisotopic (exact) mass is 524 g/mol. The fourth-order valence-electron chi connectivity index (χ4n) is 4.69. The molecule has 140 valence electrons. The summed E-state index contributed by atoms with van der Waals surface area (Å²) in [5, 5.41) is 0. The number of halogens is 2. The first-order valence-corrected chi connectivity index (χ1v) is 17.4. The molecule has 2 aliphatic rings. The summed E-state index contributed by atoms with van der Waals surface area (Å²) in [5.74, 6) is 1.62. The van der Waals surface area contributed by atoms with Gasteiger partial charge in [0.1, 0.15) is 0 Å². The summed E-state index contributed by atoms with van der Waals surface area (Å²) in [7, 11) is 0. The normalized spacial score (nSPS) is 20.1. The van der Waals surface area contributed by atoms with Crippen molar-refractivity contribution >= 4 is 30.3 Å². The van der Waals surface area contributed by atoms with Crippen LogP contribution >= 0.6 is 30.3 Å². The predicted molar refractivity (Wildman–Crippen MR) is 125 cm³/mol. The molecule has 0 aromatic heterocycles. The van der Waals surface area contributed by atoms with Crippen LogP contribution in [0.15, 0.2) is 48.5 Å². The zero-order chi connectivity index (χ0) is 17.8. The van der Waals surface area contributed by atoms with Gasteiger partial charge in [0, 0.05) is 0 Å². The Morgan fingerprint density at radius 1 is 0.538 bits per heavy atom. The molecule has 2 aromatic carbocycles. The Morgan fingerprint density at radius 2 is 0.885 bits per heavy atom. The van der Waals surface area contributed by atoms with Gasteiger partial charge in [-0.1, -0.05) is 0 Å².